The van der Waals surface area contributed by atoms with Gasteiger partial charge in [-0.05, 0) is 96.1 Å². The molecule has 7 rings (SSSR count). The number of hydrogen-bond donors (Lipinski definition) is 3. The molecule has 1 unspecified atom stereocenters. The van der Waals surface area contributed by atoms with Crippen molar-refractivity contribution in [2.45, 2.75) is 100 Å². The smallest absolute Gasteiger partial charge is 0.408 e. The third kappa shape index (κ3) is 6.87. The van der Waals surface area contributed by atoms with Crippen molar-refractivity contribution in [2.24, 2.45) is 5.92 Å². The fourth-order valence-corrected chi connectivity index (χ4v) is 8.94. The molecule has 50 heavy (non-hydrogen) atoms. The molecule has 12 nitrogen and oxygen atoms in total. The van der Waals surface area contributed by atoms with E-state index in [9.17, 15) is 29.1 Å². The van der Waals surface area contributed by atoms with Gasteiger partial charge in [-0.2, -0.15) is 27.8 Å². The Hall–Kier alpha value is -4.30. The lowest BCUT2D eigenvalue weighted by atomic mass is 10.0. The highest BCUT2D eigenvalue weighted by atomic mass is 32.1. The summed E-state index contributed by atoms with van der Waals surface area (Å²) in [5, 5.41) is 28.1. The van der Waals surface area contributed by atoms with Crippen molar-refractivity contribution in [3.63, 3.8) is 0 Å². The van der Waals surface area contributed by atoms with Gasteiger partial charge in [0.05, 0.1) is 17.8 Å². The number of ether oxygens (including phenoxy) is 1. The maximum Gasteiger partial charge on any atom is 0.408 e. The number of carbonyl (C=O) groups excluding carboxylic acids is 3. The van der Waals surface area contributed by atoms with E-state index in [2.05, 4.69) is 15.7 Å². The summed E-state index contributed by atoms with van der Waals surface area (Å²) in [6.45, 7) is -0.0239. The summed E-state index contributed by atoms with van der Waals surface area (Å²) < 4.78 is 7.00. The molecule has 4 aliphatic rings. The summed E-state index contributed by atoms with van der Waals surface area (Å²) >= 11 is 2.99. The van der Waals surface area contributed by atoms with Crippen LogP contribution in [0.2, 0.25) is 0 Å². The summed E-state index contributed by atoms with van der Waals surface area (Å²) in [5.74, 6) is -2.57. The molecule has 3 aromatic heterocycles. The molecule has 5 atom stereocenters. The van der Waals surface area contributed by atoms with Gasteiger partial charge in [0.1, 0.15) is 23.7 Å². The largest absolute Gasteiger partial charge is 0.479 e. The highest BCUT2D eigenvalue weighted by Crippen LogP contribution is 2.45. The average molecular weight is 720 g/mol. The predicted molar refractivity (Wildman–Crippen MR) is 189 cm³/mol. The number of nitrogens with zero attached hydrogens (tertiary/aromatic N) is 3. The molecule has 2 aliphatic heterocycles. The molecule has 14 heteroatoms. The SMILES string of the molecule is O=C(N[C@H]1CCCCC/C=C\C2C[C@@]2(C(=O)O)NC(=O)[C@@H]2C[C@@H](n3ncc(-c4ccsc4)c(-c4ccsc4)c3=O)CN2C1=O)OC1CCCC1. The zero-order valence-electron chi connectivity index (χ0n) is 27.6. The molecule has 2 aliphatic carbocycles. The summed E-state index contributed by atoms with van der Waals surface area (Å²) in [7, 11) is 0. The van der Waals surface area contributed by atoms with Crippen LogP contribution in [0, 0.1) is 5.92 Å². The number of nitrogens with one attached hydrogen (secondary N) is 2. The van der Waals surface area contributed by atoms with E-state index < -0.39 is 47.5 Å². The monoisotopic (exact) mass is 719 g/mol. The molecule has 0 radical (unpaired) electrons. The van der Waals surface area contributed by atoms with E-state index in [1.807, 2.05) is 45.8 Å². The number of carbonyl (C=O) groups is 4. The minimum atomic E-state index is -1.47. The molecule has 2 saturated carbocycles. The normalized spacial score (nSPS) is 28.1. The molecular weight excluding hydrogens is 679 g/mol. The quantitative estimate of drug-likeness (QED) is 0.287. The van der Waals surface area contributed by atoms with E-state index in [0.29, 0.717) is 24.0 Å². The third-order valence-corrected chi connectivity index (χ3v) is 11.9. The van der Waals surface area contributed by atoms with Crippen LogP contribution in [-0.4, -0.2) is 73.9 Å². The number of rotatable bonds is 6. The molecule has 3 aromatic rings. The van der Waals surface area contributed by atoms with Crippen LogP contribution in [0.3, 0.4) is 0 Å². The fourth-order valence-electron chi connectivity index (χ4n) is 7.64. The van der Waals surface area contributed by atoms with Gasteiger partial charge in [-0.1, -0.05) is 25.0 Å². The van der Waals surface area contributed by atoms with Crippen LogP contribution in [0.25, 0.3) is 22.3 Å². The molecule has 1 saturated heterocycles. The first-order chi connectivity index (χ1) is 24.2. The van der Waals surface area contributed by atoms with E-state index in [0.717, 1.165) is 56.1 Å². The number of fused-ring (bicyclic) bond motifs is 2. The van der Waals surface area contributed by atoms with Crippen molar-refractivity contribution in [1.29, 1.82) is 0 Å². The molecule has 264 valence electrons. The number of alkyl carbamates (subject to hydrolysis) is 1. The maximum atomic E-state index is 14.5. The van der Waals surface area contributed by atoms with E-state index >= 15 is 0 Å². The lowest BCUT2D eigenvalue weighted by molar-refractivity contribution is -0.145. The van der Waals surface area contributed by atoms with Gasteiger partial charge in [-0.3, -0.25) is 14.4 Å². The topological polar surface area (TPSA) is 160 Å². The van der Waals surface area contributed by atoms with Crippen LogP contribution in [-0.2, 0) is 19.1 Å². The fraction of sp³-hybridized carbons (Fsp3) is 0.500. The number of allylic oxidation sites excluding steroid dienone is 1. The first-order valence-electron chi connectivity index (χ1n) is 17.4. The molecule has 5 heterocycles. The molecule has 3 N–H and O–H groups in total. The molecule has 0 bridgehead atoms. The van der Waals surface area contributed by atoms with Gasteiger partial charge in [0, 0.05) is 24.4 Å². The summed E-state index contributed by atoms with van der Waals surface area (Å²) in [4.78, 5) is 69.8. The lowest BCUT2D eigenvalue weighted by Crippen LogP contribution is -2.56. The van der Waals surface area contributed by atoms with E-state index in [-0.39, 0.29) is 37.0 Å². The second kappa shape index (κ2) is 14.5. The second-order valence-corrected chi connectivity index (χ2v) is 15.3. The molecule has 3 amide bonds. The van der Waals surface area contributed by atoms with Crippen LogP contribution >= 0.6 is 22.7 Å². The minimum absolute atomic E-state index is 0.0239. The van der Waals surface area contributed by atoms with Gasteiger partial charge < -0.3 is 25.4 Å². The number of carboxylic acid groups (broad SMARTS) is 1. The number of aliphatic carboxylic acids is 1. The second-order valence-electron chi connectivity index (χ2n) is 13.8. The van der Waals surface area contributed by atoms with Crippen molar-refractivity contribution >= 4 is 46.6 Å². The van der Waals surface area contributed by atoms with Gasteiger partial charge in [0.2, 0.25) is 11.8 Å². The van der Waals surface area contributed by atoms with Gasteiger partial charge in [-0.15, -0.1) is 0 Å². The van der Waals surface area contributed by atoms with Crippen LogP contribution < -0.4 is 16.2 Å². The first-order valence-corrected chi connectivity index (χ1v) is 19.3. The predicted octanol–water partition coefficient (Wildman–Crippen LogP) is 5.36. The van der Waals surface area contributed by atoms with Crippen molar-refractivity contribution in [3.05, 3.63) is 62.4 Å². The van der Waals surface area contributed by atoms with Crippen molar-refractivity contribution in [3.8, 4) is 22.3 Å². The average Bonchev–Trinajstić information content (AvgIpc) is 3.77. The number of thiophene rings is 2. The van der Waals surface area contributed by atoms with Crippen LogP contribution in [0.4, 0.5) is 4.79 Å². The van der Waals surface area contributed by atoms with Crippen molar-refractivity contribution < 1.29 is 29.0 Å². The number of hydrogen-bond acceptors (Lipinski definition) is 9. The van der Waals surface area contributed by atoms with Crippen LogP contribution in [0.15, 0.2) is 56.8 Å². The Morgan fingerprint density at radius 3 is 2.46 bits per heavy atom. The Morgan fingerprint density at radius 1 is 1.00 bits per heavy atom. The number of amides is 3. The van der Waals surface area contributed by atoms with Crippen molar-refractivity contribution in [2.75, 3.05) is 6.54 Å². The van der Waals surface area contributed by atoms with Crippen LogP contribution in [0.1, 0.15) is 76.7 Å². The molecule has 3 fully saturated rings. The highest BCUT2D eigenvalue weighted by molar-refractivity contribution is 7.08. The van der Waals surface area contributed by atoms with E-state index in [4.69, 9.17) is 4.74 Å². The Balaban J connectivity index is 1.23. The molecule has 0 spiro atoms. The van der Waals surface area contributed by atoms with Crippen LogP contribution in [0.5, 0.6) is 0 Å². The lowest BCUT2D eigenvalue weighted by Gasteiger charge is -2.29. The molecule has 0 aromatic carbocycles. The zero-order chi connectivity index (χ0) is 34.8. The number of carboxylic acids is 1. The first kappa shape index (κ1) is 34.2. The Bertz CT molecular complexity index is 1820. The molecular formula is C36H41N5O7S2. The van der Waals surface area contributed by atoms with Gasteiger partial charge in [0.15, 0.2) is 0 Å². The standard InChI is InChI=1S/C36H41N5O7S2/c42-31-29-16-25(41-33(44)30(23-13-15-50-21-23)27(18-37-41)22-12-14-49-20-22)19-40(29)32(43)28(38-35(47)48-26-9-6-7-10-26)11-5-3-1-2-4-8-24-17-36(24,39-31)34(45)46/h4,8,12-15,18,20-21,24-26,28-29H,1-3,5-7,9-11,16-17,19H2,(H,38,47)(H,39,42)(H,45,46)/b8-4-/t24?,25-,28+,29+,36-/m1/s1. The Kier molecular flexibility index (Phi) is 9.91. The Morgan fingerprint density at radius 2 is 1.74 bits per heavy atom. The third-order valence-electron chi connectivity index (χ3n) is 10.5. The Labute approximate surface area is 297 Å². The van der Waals surface area contributed by atoms with Crippen molar-refractivity contribution in [1.82, 2.24) is 25.3 Å². The van der Waals surface area contributed by atoms with E-state index in [1.165, 1.54) is 32.3 Å². The minimum Gasteiger partial charge on any atom is -0.479 e. The summed E-state index contributed by atoms with van der Waals surface area (Å²) in [6, 6.07) is 1.07. The van der Waals surface area contributed by atoms with E-state index in [1.54, 1.807) is 6.20 Å². The van der Waals surface area contributed by atoms with Gasteiger partial charge in [-0.25, -0.2) is 14.3 Å². The summed E-state index contributed by atoms with van der Waals surface area (Å²) in [5.41, 5.74) is 0.969. The van der Waals surface area contributed by atoms with Gasteiger partial charge >= 0.3 is 12.1 Å². The maximum absolute atomic E-state index is 14.5. The number of aromatic nitrogens is 2. The van der Waals surface area contributed by atoms with Gasteiger partial charge in [0.25, 0.3) is 5.56 Å². The zero-order valence-corrected chi connectivity index (χ0v) is 29.3. The highest BCUT2D eigenvalue weighted by Gasteiger charge is 2.61. The summed E-state index contributed by atoms with van der Waals surface area (Å²) in [6.07, 6.45) is 11.8.